The number of rotatable bonds is 19. The average Bonchev–Trinajstić information content (AvgIpc) is 2.61. The van der Waals surface area contributed by atoms with Crippen LogP contribution in [0, 0.1) is 0 Å². The van der Waals surface area contributed by atoms with Gasteiger partial charge in [0.2, 0.25) is 5.91 Å². The molecule has 0 aliphatic heterocycles. The molecule has 6 heteroatoms. The zero-order valence-corrected chi connectivity index (χ0v) is 18.1. The van der Waals surface area contributed by atoms with E-state index in [4.69, 9.17) is 4.55 Å². The summed E-state index contributed by atoms with van der Waals surface area (Å²) in [5.74, 6) is -0.344. The van der Waals surface area contributed by atoms with Crippen LogP contribution < -0.4 is 5.32 Å². The number of amides is 1. The fraction of sp³-hybridized carbons (Fsp3) is 0.857. The quantitative estimate of drug-likeness (QED) is 0.171. The molecule has 0 unspecified atom stereocenters. The Balaban J connectivity index is 3.28. The first-order valence-electron chi connectivity index (χ1n) is 10.8. The maximum absolute atomic E-state index is 11.6. The summed E-state index contributed by atoms with van der Waals surface area (Å²) in [5.41, 5.74) is 0. The Morgan fingerprint density at radius 1 is 0.815 bits per heavy atom. The lowest BCUT2D eigenvalue weighted by atomic mass is 10.1. The molecule has 0 aromatic heterocycles. The van der Waals surface area contributed by atoms with Gasteiger partial charge in [0.25, 0.3) is 10.1 Å². The molecule has 0 saturated carbocycles. The molecule has 0 bridgehead atoms. The van der Waals surface area contributed by atoms with E-state index in [1.54, 1.807) is 0 Å². The molecular weight excluding hydrogens is 362 g/mol. The van der Waals surface area contributed by atoms with E-state index >= 15 is 0 Å². The fourth-order valence-electron chi connectivity index (χ4n) is 2.93. The molecule has 27 heavy (non-hydrogen) atoms. The fourth-order valence-corrected chi connectivity index (χ4v) is 3.44. The van der Waals surface area contributed by atoms with Gasteiger partial charge in [0.05, 0.1) is 5.75 Å². The largest absolute Gasteiger partial charge is 0.356 e. The first-order valence-corrected chi connectivity index (χ1v) is 12.4. The first-order chi connectivity index (χ1) is 13.0. The minimum atomic E-state index is -3.92. The van der Waals surface area contributed by atoms with Crippen LogP contribution in [-0.4, -0.2) is 31.2 Å². The molecule has 0 saturated heterocycles. The maximum Gasteiger partial charge on any atom is 0.264 e. The van der Waals surface area contributed by atoms with E-state index in [-0.39, 0.29) is 18.1 Å². The lowest BCUT2D eigenvalue weighted by Crippen LogP contribution is -2.25. The highest BCUT2D eigenvalue weighted by molar-refractivity contribution is 7.85. The Kier molecular flexibility index (Phi) is 17.9. The molecule has 160 valence electrons. The molecule has 0 aromatic carbocycles. The molecule has 0 aliphatic carbocycles. The average molecular weight is 404 g/mol. The van der Waals surface area contributed by atoms with Crippen LogP contribution in [0.5, 0.6) is 0 Å². The number of unbranched alkanes of at least 4 members (excludes halogenated alkanes) is 11. The number of carbonyl (C=O) groups is 1. The highest BCUT2D eigenvalue weighted by Gasteiger charge is 2.05. The third-order valence-corrected chi connectivity index (χ3v) is 5.37. The van der Waals surface area contributed by atoms with Crippen LogP contribution in [0.15, 0.2) is 12.2 Å². The van der Waals surface area contributed by atoms with Gasteiger partial charge in [-0.3, -0.25) is 9.35 Å². The van der Waals surface area contributed by atoms with E-state index in [0.29, 0.717) is 13.0 Å². The first kappa shape index (κ1) is 26.1. The van der Waals surface area contributed by atoms with Crippen molar-refractivity contribution in [2.45, 2.75) is 103 Å². The van der Waals surface area contributed by atoms with E-state index in [1.807, 2.05) is 0 Å². The van der Waals surface area contributed by atoms with Gasteiger partial charge in [-0.05, 0) is 38.5 Å². The number of allylic oxidation sites excluding steroid dienone is 2. The Bertz CT molecular complexity index is 475. The number of hydrogen-bond donors (Lipinski definition) is 2. The predicted octanol–water partition coefficient (Wildman–Crippen LogP) is 5.42. The van der Waals surface area contributed by atoms with Crippen molar-refractivity contribution in [1.29, 1.82) is 0 Å². The maximum atomic E-state index is 11.6. The summed E-state index contributed by atoms with van der Waals surface area (Å²) in [6.45, 7) is 2.55. The van der Waals surface area contributed by atoms with Crippen LogP contribution in [0.2, 0.25) is 0 Å². The van der Waals surface area contributed by atoms with Crippen molar-refractivity contribution in [2.24, 2.45) is 0 Å². The molecule has 0 rings (SSSR count). The Hall–Kier alpha value is -0.880. The molecular formula is C21H41NO4S. The zero-order valence-electron chi connectivity index (χ0n) is 17.3. The second-order valence-electron chi connectivity index (χ2n) is 7.32. The molecule has 0 atom stereocenters. The molecule has 0 radical (unpaired) electrons. The van der Waals surface area contributed by atoms with Gasteiger partial charge in [0.15, 0.2) is 0 Å². The smallest absolute Gasteiger partial charge is 0.264 e. The molecule has 0 fully saturated rings. The summed E-state index contributed by atoms with van der Waals surface area (Å²) in [4.78, 5) is 11.6. The second kappa shape index (κ2) is 18.5. The lowest BCUT2D eigenvalue weighted by Gasteiger charge is -2.04. The van der Waals surface area contributed by atoms with E-state index < -0.39 is 10.1 Å². The molecule has 0 spiro atoms. The molecule has 0 aliphatic rings. The van der Waals surface area contributed by atoms with Gasteiger partial charge < -0.3 is 5.32 Å². The second-order valence-corrected chi connectivity index (χ2v) is 8.90. The van der Waals surface area contributed by atoms with Crippen molar-refractivity contribution < 1.29 is 17.8 Å². The minimum absolute atomic E-state index is 0.0389. The van der Waals surface area contributed by atoms with Crippen molar-refractivity contribution in [3.63, 3.8) is 0 Å². The van der Waals surface area contributed by atoms with Crippen LogP contribution >= 0.6 is 0 Å². The Morgan fingerprint density at radius 3 is 1.89 bits per heavy atom. The summed E-state index contributed by atoms with van der Waals surface area (Å²) in [6.07, 6.45) is 21.4. The topological polar surface area (TPSA) is 83.5 Å². The highest BCUT2D eigenvalue weighted by atomic mass is 32.2. The van der Waals surface area contributed by atoms with Gasteiger partial charge in [0.1, 0.15) is 0 Å². The number of nitrogens with one attached hydrogen (secondary N) is 1. The van der Waals surface area contributed by atoms with Gasteiger partial charge in [-0.2, -0.15) is 8.42 Å². The third-order valence-electron chi connectivity index (χ3n) is 4.57. The number of carbonyl (C=O) groups excluding carboxylic acids is 1. The summed E-state index contributed by atoms with van der Waals surface area (Å²) in [5, 5.41) is 2.68. The van der Waals surface area contributed by atoms with Crippen LogP contribution in [-0.2, 0) is 14.9 Å². The molecule has 5 nitrogen and oxygen atoms in total. The van der Waals surface area contributed by atoms with E-state index in [0.717, 1.165) is 25.7 Å². The summed E-state index contributed by atoms with van der Waals surface area (Å²) < 4.78 is 29.7. The zero-order chi connectivity index (χ0) is 20.2. The van der Waals surface area contributed by atoms with Crippen LogP contribution in [0.3, 0.4) is 0 Å². The summed E-state index contributed by atoms with van der Waals surface area (Å²) in [6, 6.07) is 0. The molecule has 0 aromatic rings. The lowest BCUT2D eigenvalue weighted by molar-refractivity contribution is -0.121. The van der Waals surface area contributed by atoms with Crippen molar-refractivity contribution in [3.8, 4) is 0 Å². The Morgan fingerprint density at radius 2 is 1.33 bits per heavy atom. The van der Waals surface area contributed by atoms with Gasteiger partial charge in [-0.25, -0.2) is 0 Å². The van der Waals surface area contributed by atoms with Crippen LogP contribution in [0.25, 0.3) is 0 Å². The van der Waals surface area contributed by atoms with Gasteiger partial charge in [0, 0.05) is 13.0 Å². The molecule has 1 amide bonds. The monoisotopic (exact) mass is 403 g/mol. The minimum Gasteiger partial charge on any atom is -0.356 e. The van der Waals surface area contributed by atoms with Gasteiger partial charge in [-0.1, -0.05) is 70.4 Å². The normalized spacial score (nSPS) is 11.9. The number of hydrogen-bond acceptors (Lipinski definition) is 3. The van der Waals surface area contributed by atoms with Crippen molar-refractivity contribution in [1.82, 2.24) is 5.32 Å². The summed E-state index contributed by atoms with van der Waals surface area (Å²) >= 11 is 0. The van der Waals surface area contributed by atoms with Crippen molar-refractivity contribution in [2.75, 3.05) is 12.3 Å². The molecule has 2 N–H and O–H groups in total. The standard InChI is InChI=1S/C21H41NO4S/c1-2-3-4-5-6-7-8-9-10-11-12-13-14-15-16-18-21(23)22-19-17-20-27(24,25)26/h9-10H,2-8,11-20H2,1H3,(H,22,23)(H,24,25,26). The van der Waals surface area contributed by atoms with Gasteiger partial charge in [-0.15, -0.1) is 0 Å². The highest BCUT2D eigenvalue weighted by Crippen LogP contribution is 2.09. The van der Waals surface area contributed by atoms with E-state index in [2.05, 4.69) is 24.4 Å². The van der Waals surface area contributed by atoms with Crippen molar-refractivity contribution >= 4 is 16.0 Å². The van der Waals surface area contributed by atoms with Crippen LogP contribution in [0.4, 0.5) is 0 Å². The third kappa shape index (κ3) is 23.1. The van der Waals surface area contributed by atoms with E-state index in [1.165, 1.54) is 57.8 Å². The van der Waals surface area contributed by atoms with Crippen molar-refractivity contribution in [3.05, 3.63) is 12.2 Å². The Labute approximate surface area is 167 Å². The SMILES string of the molecule is CCCCCCCCC=CCCCCCCCC(=O)NCCCS(=O)(=O)O. The van der Waals surface area contributed by atoms with E-state index in [9.17, 15) is 13.2 Å². The van der Waals surface area contributed by atoms with Crippen LogP contribution in [0.1, 0.15) is 103 Å². The molecule has 0 heterocycles. The predicted molar refractivity (Wildman–Crippen MR) is 113 cm³/mol. The summed E-state index contributed by atoms with van der Waals surface area (Å²) in [7, 11) is -3.92. The van der Waals surface area contributed by atoms with Gasteiger partial charge >= 0.3 is 0 Å².